The molecule has 0 aliphatic carbocycles. The van der Waals surface area contributed by atoms with E-state index >= 15 is 0 Å². The van der Waals surface area contributed by atoms with Crippen LogP contribution < -0.4 is 10.0 Å². The molecule has 1 aromatic carbocycles. The average Bonchev–Trinajstić information content (AvgIpc) is 3.01. The standard InChI is InChI=1S/C18H19Cl2N5O4S/c1-10(26)23-30(28,29)25-6-5-14(11(8-21)9-25)22-18(27)16-7-12-15(24(16)2)4-3-13(19)17(12)20/h3-4,7,11,14H,5-6,9H2,1-2H3,(H,22,27)(H,23,26)/t11-,14-/m0/s1. The summed E-state index contributed by atoms with van der Waals surface area (Å²) in [5.74, 6) is -1.91. The molecule has 3 rings (SSSR count). The lowest BCUT2D eigenvalue weighted by atomic mass is 9.94. The Kier molecular flexibility index (Phi) is 6.29. The third-order valence-electron chi connectivity index (χ3n) is 5.02. The number of hydrogen-bond acceptors (Lipinski definition) is 5. The molecule has 2 aromatic rings. The van der Waals surface area contributed by atoms with Crippen LogP contribution in [0.15, 0.2) is 18.2 Å². The molecule has 2 heterocycles. The molecule has 12 heteroatoms. The number of carbonyl (C=O) groups is 2. The number of amides is 2. The van der Waals surface area contributed by atoms with E-state index in [0.29, 0.717) is 21.1 Å². The van der Waals surface area contributed by atoms with Crippen molar-refractivity contribution in [3.8, 4) is 6.07 Å². The summed E-state index contributed by atoms with van der Waals surface area (Å²) >= 11 is 12.3. The van der Waals surface area contributed by atoms with Crippen molar-refractivity contribution in [2.45, 2.75) is 19.4 Å². The Morgan fingerprint density at radius 2 is 2.00 bits per heavy atom. The van der Waals surface area contributed by atoms with Gasteiger partial charge < -0.3 is 9.88 Å². The van der Waals surface area contributed by atoms with Gasteiger partial charge in [0.15, 0.2) is 0 Å². The smallest absolute Gasteiger partial charge is 0.303 e. The van der Waals surface area contributed by atoms with Crippen LogP contribution in [0.2, 0.25) is 10.0 Å². The predicted octanol–water partition coefficient (Wildman–Crippen LogP) is 1.81. The number of aromatic nitrogens is 1. The van der Waals surface area contributed by atoms with Crippen LogP contribution in [0.1, 0.15) is 23.8 Å². The first kappa shape index (κ1) is 22.4. The van der Waals surface area contributed by atoms with Gasteiger partial charge in [-0.15, -0.1) is 0 Å². The van der Waals surface area contributed by atoms with Crippen molar-refractivity contribution < 1.29 is 18.0 Å². The van der Waals surface area contributed by atoms with Gasteiger partial charge in [-0.3, -0.25) is 9.59 Å². The third kappa shape index (κ3) is 4.25. The lowest BCUT2D eigenvalue weighted by molar-refractivity contribution is -0.117. The summed E-state index contributed by atoms with van der Waals surface area (Å²) in [4.78, 5) is 24.0. The van der Waals surface area contributed by atoms with E-state index < -0.39 is 34.0 Å². The molecule has 2 amide bonds. The Labute approximate surface area is 183 Å². The van der Waals surface area contributed by atoms with E-state index in [0.717, 1.165) is 16.7 Å². The third-order valence-corrected chi connectivity index (χ3v) is 7.39. The highest BCUT2D eigenvalue weighted by Crippen LogP contribution is 2.32. The molecule has 1 aliphatic rings. The molecule has 1 aliphatic heterocycles. The number of nitriles is 1. The first-order chi connectivity index (χ1) is 14.0. The quantitative estimate of drug-likeness (QED) is 0.703. The summed E-state index contributed by atoms with van der Waals surface area (Å²) in [5, 5.41) is 13.7. The van der Waals surface area contributed by atoms with Gasteiger partial charge in [0.1, 0.15) is 5.69 Å². The highest BCUT2D eigenvalue weighted by Gasteiger charge is 2.36. The van der Waals surface area contributed by atoms with Crippen molar-refractivity contribution in [3.05, 3.63) is 33.9 Å². The number of nitrogens with one attached hydrogen (secondary N) is 2. The minimum absolute atomic E-state index is 0.0578. The maximum absolute atomic E-state index is 12.9. The van der Waals surface area contributed by atoms with Gasteiger partial charge >= 0.3 is 10.2 Å². The molecular formula is C18H19Cl2N5O4S. The van der Waals surface area contributed by atoms with Gasteiger partial charge in [0.2, 0.25) is 5.91 Å². The highest BCUT2D eigenvalue weighted by molar-refractivity contribution is 7.87. The van der Waals surface area contributed by atoms with E-state index in [1.165, 1.54) is 0 Å². The molecule has 0 saturated carbocycles. The van der Waals surface area contributed by atoms with Crippen molar-refractivity contribution in [1.29, 1.82) is 5.26 Å². The van der Waals surface area contributed by atoms with Crippen LogP contribution in [0.5, 0.6) is 0 Å². The predicted molar refractivity (Wildman–Crippen MR) is 112 cm³/mol. The fourth-order valence-corrected chi connectivity index (χ4v) is 5.07. The summed E-state index contributed by atoms with van der Waals surface area (Å²) in [6, 6.07) is 6.51. The van der Waals surface area contributed by atoms with Crippen molar-refractivity contribution in [1.82, 2.24) is 18.9 Å². The molecule has 9 nitrogen and oxygen atoms in total. The van der Waals surface area contributed by atoms with Crippen LogP contribution in [-0.4, -0.2) is 48.2 Å². The van der Waals surface area contributed by atoms with E-state index in [2.05, 4.69) is 5.32 Å². The van der Waals surface area contributed by atoms with Crippen molar-refractivity contribution >= 4 is 56.1 Å². The zero-order valence-corrected chi connectivity index (χ0v) is 18.5. The summed E-state index contributed by atoms with van der Waals surface area (Å²) < 4.78 is 28.9. The fraction of sp³-hybridized carbons (Fsp3) is 0.389. The largest absolute Gasteiger partial charge is 0.347 e. The van der Waals surface area contributed by atoms with Crippen LogP contribution in [0.4, 0.5) is 0 Å². The molecule has 1 aromatic heterocycles. The van der Waals surface area contributed by atoms with E-state index in [9.17, 15) is 23.3 Å². The number of nitrogens with zero attached hydrogens (tertiary/aromatic N) is 3. The molecule has 2 N–H and O–H groups in total. The zero-order chi connectivity index (χ0) is 22.2. The van der Waals surface area contributed by atoms with E-state index in [4.69, 9.17) is 23.2 Å². The number of hydrogen-bond donors (Lipinski definition) is 2. The van der Waals surface area contributed by atoms with Crippen LogP contribution in [-0.2, 0) is 22.1 Å². The lowest BCUT2D eigenvalue weighted by Crippen LogP contribution is -2.54. The second-order valence-corrected chi connectivity index (χ2v) is 9.46. The van der Waals surface area contributed by atoms with Gasteiger partial charge in [0.05, 0.1) is 22.0 Å². The molecule has 160 valence electrons. The zero-order valence-electron chi connectivity index (χ0n) is 16.1. The van der Waals surface area contributed by atoms with Gasteiger partial charge in [-0.2, -0.15) is 18.0 Å². The SMILES string of the molecule is CC(=O)NS(=O)(=O)N1CC[C@H](NC(=O)c2cc3c(Cl)c(Cl)ccc3n2C)[C@@H](C#N)C1. The molecule has 1 fully saturated rings. The fourth-order valence-electron chi connectivity index (χ4n) is 3.50. The van der Waals surface area contributed by atoms with E-state index in [1.54, 1.807) is 29.8 Å². The highest BCUT2D eigenvalue weighted by atomic mass is 35.5. The van der Waals surface area contributed by atoms with Crippen LogP contribution >= 0.6 is 23.2 Å². The molecule has 30 heavy (non-hydrogen) atoms. The number of carbonyl (C=O) groups excluding carboxylic acids is 2. The second-order valence-electron chi connectivity index (χ2n) is 7.01. The van der Waals surface area contributed by atoms with Crippen molar-refractivity contribution in [2.24, 2.45) is 13.0 Å². The number of halogens is 2. The van der Waals surface area contributed by atoms with Crippen LogP contribution in [0.3, 0.4) is 0 Å². The number of aryl methyl sites for hydroxylation is 1. The molecule has 1 saturated heterocycles. The Bertz CT molecular complexity index is 1170. The summed E-state index contributed by atoms with van der Waals surface area (Å²) in [6.07, 6.45) is 0.222. The van der Waals surface area contributed by atoms with E-state index in [-0.39, 0.29) is 19.5 Å². The van der Waals surface area contributed by atoms with Crippen LogP contribution in [0.25, 0.3) is 10.9 Å². The average molecular weight is 472 g/mol. The Balaban J connectivity index is 1.79. The molecule has 0 bridgehead atoms. The van der Waals surface area contributed by atoms with Gasteiger partial charge in [0.25, 0.3) is 5.91 Å². The summed E-state index contributed by atoms with van der Waals surface area (Å²) in [5.41, 5.74) is 1.06. The topological polar surface area (TPSA) is 124 Å². The van der Waals surface area contributed by atoms with Gasteiger partial charge in [-0.1, -0.05) is 23.2 Å². The summed E-state index contributed by atoms with van der Waals surface area (Å²) in [7, 11) is -2.31. The summed E-state index contributed by atoms with van der Waals surface area (Å²) in [6.45, 7) is 1.01. The molecule has 2 atom stereocenters. The molecular weight excluding hydrogens is 453 g/mol. The van der Waals surface area contributed by atoms with Crippen molar-refractivity contribution in [3.63, 3.8) is 0 Å². The first-order valence-electron chi connectivity index (χ1n) is 8.97. The minimum atomic E-state index is -4.02. The van der Waals surface area contributed by atoms with Gasteiger partial charge in [0, 0.05) is 44.0 Å². The maximum Gasteiger partial charge on any atom is 0.303 e. The molecule has 0 unspecified atom stereocenters. The monoisotopic (exact) mass is 471 g/mol. The second kappa shape index (κ2) is 8.43. The van der Waals surface area contributed by atoms with Crippen molar-refractivity contribution in [2.75, 3.05) is 13.1 Å². The van der Waals surface area contributed by atoms with Gasteiger partial charge in [-0.25, -0.2) is 4.72 Å². The number of benzene rings is 1. The first-order valence-corrected chi connectivity index (χ1v) is 11.2. The van der Waals surface area contributed by atoms with Gasteiger partial charge in [-0.05, 0) is 24.6 Å². The number of rotatable bonds is 4. The van der Waals surface area contributed by atoms with E-state index in [1.807, 2.05) is 10.8 Å². The Morgan fingerprint density at radius 1 is 1.30 bits per heavy atom. The molecule has 0 radical (unpaired) electrons. The number of piperidine rings is 1. The Hall–Kier alpha value is -2.32. The van der Waals surface area contributed by atoms with Crippen LogP contribution in [0, 0.1) is 17.2 Å². The normalized spacial score (nSPS) is 20.0. The maximum atomic E-state index is 12.9. The number of fused-ring (bicyclic) bond motifs is 1. The molecule has 0 spiro atoms. The minimum Gasteiger partial charge on any atom is -0.347 e. The lowest BCUT2D eigenvalue weighted by Gasteiger charge is -2.34. The Morgan fingerprint density at radius 3 is 2.63 bits per heavy atom.